The Bertz CT molecular complexity index is 448. The van der Waals surface area contributed by atoms with Crippen LogP contribution in [0, 0.1) is 0 Å². The summed E-state index contributed by atoms with van der Waals surface area (Å²) in [7, 11) is 0. The van der Waals surface area contributed by atoms with Gasteiger partial charge in [-0.1, -0.05) is 0 Å². The van der Waals surface area contributed by atoms with Crippen LogP contribution in [-0.2, 0) is 14.2 Å². The van der Waals surface area contributed by atoms with Gasteiger partial charge in [-0.15, -0.1) is 0 Å². The van der Waals surface area contributed by atoms with Gasteiger partial charge in [-0.2, -0.15) is 39.5 Å². The van der Waals surface area contributed by atoms with Crippen molar-refractivity contribution in [1.82, 2.24) is 4.90 Å². The fourth-order valence-electron chi connectivity index (χ4n) is 2.43. The third kappa shape index (κ3) is 3.80. The molecule has 0 aliphatic carbocycles. The molecule has 0 amide bonds. The number of alkyl halides is 10. The fourth-order valence-corrected chi connectivity index (χ4v) is 2.43. The molecule has 2 fully saturated rings. The zero-order valence-electron chi connectivity index (χ0n) is 12.0. The molecule has 4 nitrogen and oxygen atoms in total. The van der Waals surface area contributed by atoms with Crippen LogP contribution in [0.1, 0.15) is 0 Å². The van der Waals surface area contributed by atoms with Gasteiger partial charge in [0.25, 0.3) is 0 Å². The quantitative estimate of drug-likeness (QED) is 0.532. The van der Waals surface area contributed by atoms with Gasteiger partial charge in [-0.05, 0) is 0 Å². The molecule has 0 N–H and O–H groups in total. The van der Waals surface area contributed by atoms with E-state index in [4.69, 9.17) is 4.74 Å². The Balaban J connectivity index is 2.43. The Labute approximate surface area is 133 Å². The van der Waals surface area contributed by atoms with E-state index < -0.39 is 55.9 Å². The molecule has 0 radical (unpaired) electrons. The van der Waals surface area contributed by atoms with Crippen molar-refractivity contribution in [2.45, 2.75) is 42.8 Å². The number of rotatable bonds is 2. The summed E-state index contributed by atoms with van der Waals surface area (Å²) in [5, 5.41) is 0. The summed E-state index contributed by atoms with van der Waals surface area (Å²) in [6.45, 7) is -1.53. The molecule has 2 heterocycles. The summed E-state index contributed by atoms with van der Waals surface area (Å²) in [4.78, 5) is 0.350. The van der Waals surface area contributed by atoms with E-state index >= 15 is 0 Å². The van der Waals surface area contributed by atoms with E-state index in [-0.39, 0.29) is 13.2 Å². The maximum atomic E-state index is 14.4. The molecular formula is C11H11F10NO3. The fraction of sp³-hybridized carbons (Fsp3) is 1.00. The maximum Gasteiger partial charge on any atom is 0.448 e. The van der Waals surface area contributed by atoms with Crippen LogP contribution in [0.25, 0.3) is 0 Å². The molecule has 0 aromatic rings. The van der Waals surface area contributed by atoms with Gasteiger partial charge in [0.15, 0.2) is 12.2 Å². The SMILES string of the molecule is FC(N1CCOCC1)C1(C(F)(F)F)OC(C(F)(F)F)C(C(F)(F)F)O1. The van der Waals surface area contributed by atoms with Crippen LogP contribution in [0.3, 0.4) is 0 Å². The first kappa shape index (κ1) is 20.5. The average molecular weight is 395 g/mol. The third-order valence-corrected chi connectivity index (χ3v) is 3.60. The average Bonchev–Trinajstić information content (AvgIpc) is 2.89. The molecule has 2 aliphatic rings. The van der Waals surface area contributed by atoms with Crippen LogP contribution < -0.4 is 0 Å². The molecule has 0 aromatic heterocycles. The van der Waals surface area contributed by atoms with Gasteiger partial charge in [0.1, 0.15) is 0 Å². The predicted molar refractivity (Wildman–Crippen MR) is 57.9 cm³/mol. The molecule has 2 rings (SSSR count). The molecule has 0 aromatic carbocycles. The van der Waals surface area contributed by atoms with E-state index in [9.17, 15) is 43.9 Å². The van der Waals surface area contributed by atoms with Crippen molar-refractivity contribution < 1.29 is 58.1 Å². The van der Waals surface area contributed by atoms with Crippen LogP contribution in [0.2, 0.25) is 0 Å². The van der Waals surface area contributed by atoms with Gasteiger partial charge in [-0.25, -0.2) is 4.39 Å². The van der Waals surface area contributed by atoms with Crippen LogP contribution in [0.4, 0.5) is 43.9 Å². The Morgan fingerprint density at radius 1 is 0.800 bits per heavy atom. The number of hydrogen-bond acceptors (Lipinski definition) is 4. The van der Waals surface area contributed by atoms with Gasteiger partial charge in [0.2, 0.25) is 6.30 Å². The Morgan fingerprint density at radius 3 is 1.52 bits per heavy atom. The Kier molecular flexibility index (Phi) is 5.23. The highest BCUT2D eigenvalue weighted by molar-refractivity contribution is 5.00. The van der Waals surface area contributed by atoms with E-state index in [0.717, 1.165) is 0 Å². The first-order valence-electron chi connectivity index (χ1n) is 6.72. The van der Waals surface area contributed by atoms with Crippen molar-refractivity contribution >= 4 is 0 Å². The molecule has 0 saturated carbocycles. The van der Waals surface area contributed by atoms with Crippen molar-refractivity contribution in [1.29, 1.82) is 0 Å². The molecule has 3 unspecified atom stereocenters. The van der Waals surface area contributed by atoms with Crippen molar-refractivity contribution in [3.63, 3.8) is 0 Å². The molecular weight excluding hydrogens is 384 g/mol. The van der Waals surface area contributed by atoms with Crippen LogP contribution in [0.15, 0.2) is 0 Å². The predicted octanol–water partition coefficient (Wildman–Crippen LogP) is 2.78. The molecule has 25 heavy (non-hydrogen) atoms. The van der Waals surface area contributed by atoms with Gasteiger partial charge in [-0.3, -0.25) is 4.90 Å². The smallest absolute Gasteiger partial charge is 0.379 e. The minimum atomic E-state index is -6.01. The lowest BCUT2D eigenvalue weighted by molar-refractivity contribution is -0.399. The standard InChI is InChI=1S/C11H11F10NO3/c12-7(22-1-3-23-4-2-22)8(11(19,20)21)24-5(9(13,14)15)6(25-8)10(16,17)18/h5-7H,1-4H2. The molecule has 3 atom stereocenters. The first-order valence-corrected chi connectivity index (χ1v) is 6.72. The number of morpholine rings is 1. The zero-order chi connectivity index (χ0) is 19.3. The summed E-state index contributed by atoms with van der Waals surface area (Å²) in [5.41, 5.74) is 0. The van der Waals surface area contributed by atoms with Crippen LogP contribution in [0.5, 0.6) is 0 Å². The second-order valence-corrected chi connectivity index (χ2v) is 5.31. The van der Waals surface area contributed by atoms with Crippen LogP contribution in [-0.4, -0.2) is 74.0 Å². The summed E-state index contributed by atoms with van der Waals surface area (Å²) in [6.07, 6.45) is -29.2. The molecule has 0 spiro atoms. The lowest BCUT2D eigenvalue weighted by Crippen LogP contribution is -2.62. The van der Waals surface area contributed by atoms with E-state index in [1.165, 1.54) is 0 Å². The number of halogens is 10. The second-order valence-electron chi connectivity index (χ2n) is 5.31. The normalized spacial score (nSPS) is 34.3. The molecule has 2 aliphatic heterocycles. The highest BCUT2D eigenvalue weighted by Gasteiger charge is 2.77. The zero-order valence-corrected chi connectivity index (χ0v) is 12.0. The second kappa shape index (κ2) is 6.39. The summed E-state index contributed by atoms with van der Waals surface area (Å²) in [6, 6.07) is 0. The minimum Gasteiger partial charge on any atom is -0.379 e. The number of ether oxygens (including phenoxy) is 3. The topological polar surface area (TPSA) is 30.9 Å². The lowest BCUT2D eigenvalue weighted by atomic mass is 10.2. The minimum absolute atomic E-state index is 0.264. The highest BCUT2D eigenvalue weighted by atomic mass is 19.4. The van der Waals surface area contributed by atoms with E-state index in [1.54, 1.807) is 0 Å². The molecule has 2 saturated heterocycles. The maximum absolute atomic E-state index is 14.4. The van der Waals surface area contributed by atoms with Gasteiger partial charge >= 0.3 is 24.3 Å². The van der Waals surface area contributed by atoms with E-state index in [1.807, 2.05) is 0 Å². The number of nitrogens with zero attached hydrogens (tertiary/aromatic N) is 1. The Morgan fingerprint density at radius 2 is 1.20 bits per heavy atom. The Hall–Kier alpha value is -0.860. The summed E-state index contributed by atoms with van der Waals surface area (Å²) in [5.74, 6) is -4.73. The lowest BCUT2D eigenvalue weighted by Gasteiger charge is -2.39. The van der Waals surface area contributed by atoms with Gasteiger partial charge < -0.3 is 14.2 Å². The van der Waals surface area contributed by atoms with Gasteiger partial charge in [0.05, 0.1) is 13.2 Å². The summed E-state index contributed by atoms with van der Waals surface area (Å²) >= 11 is 0. The van der Waals surface area contributed by atoms with Crippen molar-refractivity contribution in [2.75, 3.05) is 26.3 Å². The summed E-state index contributed by atoms with van der Waals surface area (Å²) < 4.78 is 143. The molecule has 0 bridgehead atoms. The monoisotopic (exact) mass is 395 g/mol. The number of hydrogen-bond donors (Lipinski definition) is 0. The first-order chi connectivity index (χ1) is 11.2. The van der Waals surface area contributed by atoms with Crippen molar-refractivity contribution in [3.05, 3.63) is 0 Å². The van der Waals surface area contributed by atoms with Crippen molar-refractivity contribution in [3.8, 4) is 0 Å². The molecule has 14 heteroatoms. The largest absolute Gasteiger partial charge is 0.448 e. The molecule has 148 valence electrons. The van der Waals surface area contributed by atoms with E-state index in [2.05, 4.69) is 9.47 Å². The van der Waals surface area contributed by atoms with Gasteiger partial charge in [0, 0.05) is 13.1 Å². The van der Waals surface area contributed by atoms with Crippen molar-refractivity contribution in [2.24, 2.45) is 0 Å². The highest BCUT2D eigenvalue weighted by Crippen LogP contribution is 2.52. The third-order valence-electron chi connectivity index (χ3n) is 3.60. The van der Waals surface area contributed by atoms with E-state index in [0.29, 0.717) is 4.90 Å². The van der Waals surface area contributed by atoms with Crippen LogP contribution >= 0.6 is 0 Å².